The Labute approximate surface area is 121 Å². The predicted octanol–water partition coefficient (Wildman–Crippen LogP) is 0.638. The molecule has 112 valence electrons. The van der Waals surface area contributed by atoms with Crippen molar-refractivity contribution in [3.05, 3.63) is 0 Å². The predicted molar refractivity (Wildman–Crippen MR) is 72.3 cm³/mol. The molecule has 0 unspecified atom stereocenters. The molecule has 0 aromatic carbocycles. The third kappa shape index (κ3) is 3.00. The first-order valence-corrected chi connectivity index (χ1v) is 7.40. The number of nitrogens with zero attached hydrogens (tertiary/aromatic N) is 1. The van der Waals surface area contributed by atoms with Crippen LogP contribution in [0.25, 0.3) is 0 Å². The zero-order valence-electron chi connectivity index (χ0n) is 11.6. The van der Waals surface area contributed by atoms with Crippen molar-refractivity contribution < 1.29 is 24.2 Å². The fraction of sp³-hybridized carbons (Fsp3) is 0.750. The molecule has 2 saturated heterocycles. The topological polar surface area (TPSA) is 95.9 Å². The smallest absolute Gasteiger partial charge is 0.408 e. The zero-order valence-corrected chi connectivity index (χ0v) is 12.4. The van der Waals surface area contributed by atoms with E-state index in [0.717, 1.165) is 0 Å². The van der Waals surface area contributed by atoms with E-state index in [4.69, 9.17) is 9.84 Å². The first-order valence-electron chi connectivity index (χ1n) is 6.35. The molecular weight excluding hydrogens is 284 g/mol. The van der Waals surface area contributed by atoms with E-state index in [9.17, 15) is 14.4 Å². The number of hydrogen-bond acceptors (Lipinski definition) is 5. The summed E-state index contributed by atoms with van der Waals surface area (Å²) in [6.45, 7) is 5.20. The number of carboxylic acids is 1. The summed E-state index contributed by atoms with van der Waals surface area (Å²) in [5, 5.41) is 11.4. The summed E-state index contributed by atoms with van der Waals surface area (Å²) in [6, 6.07) is -1.51. The van der Waals surface area contributed by atoms with E-state index < -0.39 is 29.7 Å². The van der Waals surface area contributed by atoms with Crippen LogP contribution in [0.4, 0.5) is 4.79 Å². The van der Waals surface area contributed by atoms with Crippen LogP contribution in [0.2, 0.25) is 0 Å². The number of ether oxygens (including phenoxy) is 1. The summed E-state index contributed by atoms with van der Waals surface area (Å²) in [5.74, 6) is -0.963. The Bertz CT molecular complexity index is 448. The molecule has 0 radical (unpaired) electrons. The van der Waals surface area contributed by atoms with E-state index in [1.807, 2.05) is 0 Å². The summed E-state index contributed by atoms with van der Waals surface area (Å²) in [4.78, 5) is 36.3. The van der Waals surface area contributed by atoms with E-state index in [-0.39, 0.29) is 11.3 Å². The van der Waals surface area contributed by atoms with Crippen LogP contribution in [0.15, 0.2) is 0 Å². The van der Waals surface area contributed by atoms with Gasteiger partial charge in [-0.1, -0.05) is 0 Å². The number of fused-ring (bicyclic) bond motifs is 1. The average molecular weight is 302 g/mol. The van der Waals surface area contributed by atoms with Crippen molar-refractivity contribution >= 4 is 29.7 Å². The van der Waals surface area contributed by atoms with Gasteiger partial charge in [0.2, 0.25) is 5.91 Å². The molecule has 0 bridgehead atoms. The van der Waals surface area contributed by atoms with Crippen LogP contribution in [-0.4, -0.2) is 56.8 Å². The third-order valence-corrected chi connectivity index (χ3v) is 4.37. The van der Waals surface area contributed by atoms with Gasteiger partial charge in [0.1, 0.15) is 17.7 Å². The third-order valence-electron chi connectivity index (χ3n) is 3.06. The number of hydrogen-bond donors (Lipinski definition) is 2. The van der Waals surface area contributed by atoms with Gasteiger partial charge in [0, 0.05) is 12.2 Å². The van der Waals surface area contributed by atoms with E-state index in [0.29, 0.717) is 12.2 Å². The van der Waals surface area contributed by atoms with Gasteiger partial charge in [-0.15, -0.1) is 11.8 Å². The van der Waals surface area contributed by atoms with E-state index >= 15 is 0 Å². The second-order valence-corrected chi connectivity index (χ2v) is 7.03. The van der Waals surface area contributed by atoms with Crippen LogP contribution in [0.5, 0.6) is 0 Å². The van der Waals surface area contributed by atoms with Gasteiger partial charge in [0.15, 0.2) is 0 Å². The van der Waals surface area contributed by atoms with Gasteiger partial charge in [0.25, 0.3) is 0 Å². The SMILES string of the molecule is CC(C)(C)OC(=O)N[C@H]1C[C@@H]2SC[C@H](C(=O)O)N2C1=O. The standard InChI is InChI=1S/C12H18N2O5S/c1-12(2,3)19-11(18)13-6-4-8-14(9(6)15)7(5-20-8)10(16)17/h6-8H,4-5H2,1-3H3,(H,13,18)(H,16,17)/t6-,7+,8-/m0/s1. The van der Waals surface area contributed by atoms with Crippen molar-refractivity contribution in [1.29, 1.82) is 0 Å². The van der Waals surface area contributed by atoms with Crippen LogP contribution in [-0.2, 0) is 14.3 Å². The molecular formula is C12H18N2O5S. The molecule has 0 saturated carbocycles. The van der Waals surface area contributed by atoms with Gasteiger partial charge in [-0.25, -0.2) is 9.59 Å². The molecule has 2 N–H and O–H groups in total. The van der Waals surface area contributed by atoms with Gasteiger partial charge in [-0.05, 0) is 20.8 Å². The minimum absolute atomic E-state index is 0.177. The molecule has 2 rings (SSSR count). The zero-order chi connectivity index (χ0) is 15.1. The number of aliphatic carboxylic acids is 1. The first-order chi connectivity index (χ1) is 9.19. The Morgan fingerprint density at radius 1 is 1.45 bits per heavy atom. The highest BCUT2D eigenvalue weighted by Gasteiger charge is 2.50. The number of nitrogens with one attached hydrogen (secondary N) is 1. The van der Waals surface area contributed by atoms with E-state index in [1.54, 1.807) is 20.8 Å². The van der Waals surface area contributed by atoms with Crippen LogP contribution in [0.3, 0.4) is 0 Å². The molecule has 0 aromatic rings. The Kier molecular flexibility index (Phi) is 3.86. The minimum atomic E-state index is -1.01. The molecule has 2 amide bonds. The Morgan fingerprint density at radius 2 is 2.10 bits per heavy atom. The normalized spacial score (nSPS) is 29.2. The average Bonchev–Trinajstić information content (AvgIpc) is 2.78. The van der Waals surface area contributed by atoms with Crippen molar-refractivity contribution in [2.45, 2.75) is 50.3 Å². The number of alkyl carbamates (subject to hydrolysis) is 1. The first kappa shape index (κ1) is 15.0. The molecule has 0 aliphatic carbocycles. The lowest BCUT2D eigenvalue weighted by molar-refractivity contribution is -0.147. The monoisotopic (exact) mass is 302 g/mol. The quantitative estimate of drug-likeness (QED) is 0.777. The maximum absolute atomic E-state index is 12.2. The van der Waals surface area contributed by atoms with Crippen molar-refractivity contribution in [3.63, 3.8) is 0 Å². The molecule has 0 aromatic heterocycles. The summed E-state index contributed by atoms with van der Waals surface area (Å²) in [7, 11) is 0. The molecule has 2 aliphatic rings. The maximum atomic E-state index is 12.2. The van der Waals surface area contributed by atoms with Gasteiger partial charge in [0.05, 0.1) is 5.37 Å². The Balaban J connectivity index is 1.98. The maximum Gasteiger partial charge on any atom is 0.408 e. The second-order valence-electron chi connectivity index (χ2n) is 5.82. The molecule has 0 spiro atoms. The molecule has 3 atom stereocenters. The number of carbonyl (C=O) groups excluding carboxylic acids is 2. The van der Waals surface area contributed by atoms with Gasteiger partial charge in [-0.3, -0.25) is 4.79 Å². The van der Waals surface area contributed by atoms with Crippen molar-refractivity contribution in [2.24, 2.45) is 0 Å². The number of rotatable bonds is 2. The highest BCUT2D eigenvalue weighted by molar-refractivity contribution is 8.00. The highest BCUT2D eigenvalue weighted by Crippen LogP contribution is 2.37. The van der Waals surface area contributed by atoms with E-state index in [1.165, 1.54) is 16.7 Å². The van der Waals surface area contributed by atoms with Crippen molar-refractivity contribution in [3.8, 4) is 0 Å². The Morgan fingerprint density at radius 3 is 2.65 bits per heavy atom. The number of carboxylic acid groups (broad SMARTS) is 1. The fourth-order valence-corrected chi connectivity index (χ4v) is 3.73. The summed E-state index contributed by atoms with van der Waals surface area (Å²) >= 11 is 1.43. The van der Waals surface area contributed by atoms with Crippen LogP contribution < -0.4 is 5.32 Å². The summed E-state index contributed by atoms with van der Waals surface area (Å²) in [5.41, 5.74) is -0.639. The van der Waals surface area contributed by atoms with E-state index in [2.05, 4.69) is 5.32 Å². The molecule has 7 nitrogen and oxygen atoms in total. The lowest BCUT2D eigenvalue weighted by Gasteiger charge is -2.22. The molecule has 2 aliphatic heterocycles. The van der Waals surface area contributed by atoms with Gasteiger partial charge < -0.3 is 20.1 Å². The summed E-state index contributed by atoms with van der Waals surface area (Å²) < 4.78 is 5.10. The van der Waals surface area contributed by atoms with Crippen molar-refractivity contribution in [2.75, 3.05) is 5.75 Å². The van der Waals surface area contributed by atoms with Gasteiger partial charge >= 0.3 is 12.1 Å². The van der Waals surface area contributed by atoms with Crippen LogP contribution in [0.1, 0.15) is 27.2 Å². The molecule has 20 heavy (non-hydrogen) atoms. The fourth-order valence-electron chi connectivity index (χ4n) is 2.28. The number of carbonyl (C=O) groups is 3. The lowest BCUT2D eigenvalue weighted by atomic mass is 10.2. The van der Waals surface area contributed by atoms with Crippen LogP contribution >= 0.6 is 11.8 Å². The highest BCUT2D eigenvalue weighted by atomic mass is 32.2. The van der Waals surface area contributed by atoms with Crippen LogP contribution in [0, 0.1) is 0 Å². The minimum Gasteiger partial charge on any atom is -0.480 e. The molecule has 2 heterocycles. The largest absolute Gasteiger partial charge is 0.480 e. The second kappa shape index (κ2) is 5.16. The number of amides is 2. The summed E-state index contributed by atoms with van der Waals surface area (Å²) in [6.07, 6.45) is -0.249. The lowest BCUT2D eigenvalue weighted by Crippen LogP contribution is -2.47. The molecule has 8 heteroatoms. The van der Waals surface area contributed by atoms with Crippen molar-refractivity contribution in [1.82, 2.24) is 10.2 Å². The Hall–Kier alpha value is -1.44. The molecule has 2 fully saturated rings. The number of thioether (sulfide) groups is 1. The van der Waals surface area contributed by atoms with Gasteiger partial charge in [-0.2, -0.15) is 0 Å².